The number of nitrogens with one attached hydrogen (secondary N) is 1. The van der Waals surface area contributed by atoms with Crippen LogP contribution in [0.3, 0.4) is 0 Å². The zero-order valence-corrected chi connectivity index (χ0v) is 9.73. The molecule has 0 radical (unpaired) electrons. The lowest BCUT2D eigenvalue weighted by molar-refractivity contribution is 0.112. The highest BCUT2D eigenvalue weighted by atomic mass is 16.5. The number of phenols is 1. The normalized spacial score (nSPS) is 10.9. The van der Waals surface area contributed by atoms with Crippen LogP contribution in [0.1, 0.15) is 10.4 Å². The molecule has 1 heterocycles. The highest BCUT2D eigenvalue weighted by Gasteiger charge is 2.10. The summed E-state index contributed by atoms with van der Waals surface area (Å²) in [6, 6.07) is 8.68. The van der Waals surface area contributed by atoms with Gasteiger partial charge in [0.2, 0.25) is 0 Å². The van der Waals surface area contributed by atoms with Gasteiger partial charge in [0.15, 0.2) is 6.29 Å². The number of aromatic hydroxyl groups is 1. The minimum Gasteiger partial charge on any atom is -0.508 e. The van der Waals surface area contributed by atoms with E-state index in [1.54, 1.807) is 24.3 Å². The lowest BCUT2D eigenvalue weighted by Gasteiger charge is -2.03. The molecule has 4 nitrogen and oxygen atoms in total. The number of H-pyrrole nitrogens is 1. The van der Waals surface area contributed by atoms with Crippen LogP contribution < -0.4 is 4.74 Å². The molecule has 0 aliphatic rings. The van der Waals surface area contributed by atoms with Crippen molar-refractivity contribution in [3.05, 3.63) is 35.9 Å². The van der Waals surface area contributed by atoms with Crippen molar-refractivity contribution in [2.45, 2.75) is 0 Å². The van der Waals surface area contributed by atoms with E-state index >= 15 is 0 Å². The molecule has 0 spiro atoms. The van der Waals surface area contributed by atoms with E-state index in [-0.39, 0.29) is 5.75 Å². The summed E-state index contributed by atoms with van der Waals surface area (Å²) in [5.41, 5.74) is 2.21. The fourth-order valence-electron chi connectivity index (χ4n) is 2.21. The topological polar surface area (TPSA) is 62.3 Å². The second-order valence-corrected chi connectivity index (χ2v) is 4.11. The molecule has 0 bridgehead atoms. The van der Waals surface area contributed by atoms with E-state index in [0.29, 0.717) is 11.3 Å². The third kappa shape index (κ3) is 1.43. The van der Waals surface area contributed by atoms with Gasteiger partial charge in [-0.1, -0.05) is 0 Å². The van der Waals surface area contributed by atoms with Crippen molar-refractivity contribution in [2.75, 3.05) is 7.11 Å². The Hall–Kier alpha value is -2.49. The predicted molar refractivity (Wildman–Crippen MR) is 69.4 cm³/mol. The van der Waals surface area contributed by atoms with Crippen molar-refractivity contribution < 1.29 is 14.6 Å². The minimum absolute atomic E-state index is 0.205. The van der Waals surface area contributed by atoms with E-state index in [1.807, 2.05) is 6.07 Å². The number of aromatic nitrogens is 1. The van der Waals surface area contributed by atoms with Crippen molar-refractivity contribution in [1.82, 2.24) is 4.98 Å². The van der Waals surface area contributed by atoms with E-state index < -0.39 is 0 Å². The molecule has 2 aromatic carbocycles. The van der Waals surface area contributed by atoms with E-state index in [2.05, 4.69) is 4.98 Å². The Bertz CT molecular complexity index is 758. The van der Waals surface area contributed by atoms with Gasteiger partial charge in [-0.05, 0) is 18.2 Å². The number of hydrogen-bond acceptors (Lipinski definition) is 3. The molecule has 0 amide bonds. The van der Waals surface area contributed by atoms with Gasteiger partial charge in [-0.25, -0.2) is 0 Å². The molecule has 0 aliphatic carbocycles. The fraction of sp³-hybridized carbons (Fsp3) is 0.0714. The molecule has 18 heavy (non-hydrogen) atoms. The van der Waals surface area contributed by atoms with E-state index in [9.17, 15) is 9.90 Å². The van der Waals surface area contributed by atoms with Crippen LogP contribution in [0.25, 0.3) is 21.8 Å². The van der Waals surface area contributed by atoms with Crippen LogP contribution in [0.2, 0.25) is 0 Å². The smallest absolute Gasteiger partial charge is 0.153 e. The summed E-state index contributed by atoms with van der Waals surface area (Å²) in [7, 11) is 1.53. The first-order valence-electron chi connectivity index (χ1n) is 5.50. The minimum atomic E-state index is 0.205. The molecule has 0 fully saturated rings. The van der Waals surface area contributed by atoms with Gasteiger partial charge in [-0.3, -0.25) is 4.79 Å². The molecule has 1 aromatic heterocycles. The van der Waals surface area contributed by atoms with E-state index in [0.717, 1.165) is 28.1 Å². The van der Waals surface area contributed by atoms with Crippen molar-refractivity contribution in [1.29, 1.82) is 0 Å². The maximum absolute atomic E-state index is 11.0. The molecule has 3 aromatic rings. The van der Waals surface area contributed by atoms with Crippen LogP contribution in [0.5, 0.6) is 11.5 Å². The number of aldehydes is 1. The Morgan fingerprint density at radius 1 is 1.17 bits per heavy atom. The molecule has 2 N–H and O–H groups in total. The fourth-order valence-corrected chi connectivity index (χ4v) is 2.21. The van der Waals surface area contributed by atoms with Gasteiger partial charge in [-0.2, -0.15) is 0 Å². The largest absolute Gasteiger partial charge is 0.508 e. The van der Waals surface area contributed by atoms with Crippen LogP contribution in [0, 0.1) is 0 Å². The number of phenolic OH excluding ortho intramolecular Hbond substituents is 1. The summed E-state index contributed by atoms with van der Waals surface area (Å²) >= 11 is 0. The zero-order valence-electron chi connectivity index (χ0n) is 9.73. The number of methoxy groups -OCH3 is 1. The summed E-state index contributed by atoms with van der Waals surface area (Å²) in [4.78, 5) is 14.2. The Morgan fingerprint density at radius 2 is 1.94 bits per heavy atom. The third-order valence-electron chi connectivity index (χ3n) is 3.06. The second-order valence-electron chi connectivity index (χ2n) is 4.11. The maximum atomic E-state index is 11.0. The van der Waals surface area contributed by atoms with Gasteiger partial charge < -0.3 is 14.8 Å². The number of carbonyl (C=O) groups excluding carboxylic acids is 1. The molecule has 4 heteroatoms. The predicted octanol–water partition coefficient (Wildman–Crippen LogP) is 2.85. The lowest BCUT2D eigenvalue weighted by atomic mass is 10.1. The highest BCUT2D eigenvalue weighted by Crippen LogP contribution is 2.32. The van der Waals surface area contributed by atoms with Crippen LogP contribution >= 0.6 is 0 Å². The summed E-state index contributed by atoms with van der Waals surface area (Å²) in [5.74, 6) is 0.741. The first-order valence-corrected chi connectivity index (χ1v) is 5.50. The Balaban J connectivity index is 2.43. The first kappa shape index (κ1) is 10.7. The van der Waals surface area contributed by atoms with E-state index in [4.69, 9.17) is 4.74 Å². The Kier molecular flexibility index (Phi) is 2.23. The van der Waals surface area contributed by atoms with E-state index in [1.165, 1.54) is 7.11 Å². The van der Waals surface area contributed by atoms with Crippen LogP contribution in [0.4, 0.5) is 0 Å². The molecule has 0 saturated heterocycles. The Morgan fingerprint density at radius 3 is 2.67 bits per heavy atom. The summed E-state index contributed by atoms with van der Waals surface area (Å²) in [5, 5.41) is 11.4. The van der Waals surface area contributed by atoms with Gasteiger partial charge in [0.05, 0.1) is 23.7 Å². The quantitative estimate of drug-likeness (QED) is 0.678. The van der Waals surface area contributed by atoms with Crippen LogP contribution in [-0.4, -0.2) is 23.5 Å². The number of rotatable bonds is 2. The zero-order chi connectivity index (χ0) is 12.7. The molecule has 3 rings (SSSR count). The average Bonchev–Trinajstić information content (AvgIpc) is 2.73. The molecule has 90 valence electrons. The van der Waals surface area contributed by atoms with Gasteiger partial charge in [0.1, 0.15) is 11.5 Å². The van der Waals surface area contributed by atoms with Gasteiger partial charge in [0, 0.05) is 22.9 Å². The van der Waals surface area contributed by atoms with Gasteiger partial charge >= 0.3 is 0 Å². The van der Waals surface area contributed by atoms with Crippen molar-refractivity contribution >= 4 is 28.1 Å². The lowest BCUT2D eigenvalue weighted by Crippen LogP contribution is -1.89. The molecule has 0 atom stereocenters. The van der Waals surface area contributed by atoms with Crippen LogP contribution in [0.15, 0.2) is 30.3 Å². The van der Waals surface area contributed by atoms with Crippen molar-refractivity contribution in [3.63, 3.8) is 0 Å². The number of benzene rings is 2. The van der Waals surface area contributed by atoms with Crippen molar-refractivity contribution in [2.24, 2.45) is 0 Å². The first-order chi connectivity index (χ1) is 8.72. The molecule has 0 unspecified atom stereocenters. The van der Waals surface area contributed by atoms with Gasteiger partial charge in [-0.15, -0.1) is 0 Å². The number of carbonyl (C=O) groups is 1. The maximum Gasteiger partial charge on any atom is 0.153 e. The average molecular weight is 241 g/mol. The number of aromatic amines is 1. The number of hydrogen-bond donors (Lipinski definition) is 2. The second kappa shape index (κ2) is 3.77. The molecule has 0 saturated carbocycles. The van der Waals surface area contributed by atoms with Crippen molar-refractivity contribution in [3.8, 4) is 11.5 Å². The highest BCUT2D eigenvalue weighted by molar-refractivity contribution is 6.09. The number of fused-ring (bicyclic) bond motifs is 3. The Labute approximate surface area is 103 Å². The number of ether oxygens (including phenoxy) is 1. The third-order valence-corrected chi connectivity index (χ3v) is 3.06. The van der Waals surface area contributed by atoms with Crippen LogP contribution in [-0.2, 0) is 0 Å². The molecule has 0 aliphatic heterocycles. The standard InChI is InChI=1S/C14H11NO3/c1-18-14-6-13-11(4-8(14)7-16)10-3-2-9(17)5-12(10)15-13/h2-7,15,17H,1H3. The molecular formula is C14H11NO3. The summed E-state index contributed by atoms with van der Waals surface area (Å²) in [6.45, 7) is 0. The monoisotopic (exact) mass is 241 g/mol. The summed E-state index contributed by atoms with van der Waals surface area (Å²) < 4.78 is 5.16. The van der Waals surface area contributed by atoms with Gasteiger partial charge in [0.25, 0.3) is 0 Å². The molecular weight excluding hydrogens is 230 g/mol. The SMILES string of the molecule is COc1cc2[nH]c3cc(O)ccc3c2cc1C=O. The summed E-state index contributed by atoms with van der Waals surface area (Å²) in [6.07, 6.45) is 0.775.